The minimum absolute atomic E-state index is 0.0899. The van der Waals surface area contributed by atoms with Gasteiger partial charge in [0.1, 0.15) is 6.61 Å². The number of ether oxygens (including phenoxy) is 1. The number of rotatable bonds is 3. The highest BCUT2D eigenvalue weighted by Crippen LogP contribution is 2.30. The van der Waals surface area contributed by atoms with Crippen molar-refractivity contribution in [1.82, 2.24) is 9.88 Å². The monoisotopic (exact) mass is 367 g/mol. The van der Waals surface area contributed by atoms with E-state index in [4.69, 9.17) is 4.74 Å². The Balaban J connectivity index is 1.33. The van der Waals surface area contributed by atoms with E-state index in [0.29, 0.717) is 30.0 Å². The number of hydrogen-bond acceptors (Lipinski definition) is 5. The van der Waals surface area contributed by atoms with Crippen molar-refractivity contribution in [1.29, 1.82) is 0 Å². The summed E-state index contributed by atoms with van der Waals surface area (Å²) < 4.78 is 4.98. The highest BCUT2D eigenvalue weighted by atomic mass is 16.5. The highest BCUT2D eigenvalue weighted by Gasteiger charge is 2.29. The molecule has 0 radical (unpaired) electrons. The molecule has 27 heavy (non-hydrogen) atoms. The van der Waals surface area contributed by atoms with Gasteiger partial charge in [-0.2, -0.15) is 0 Å². The van der Waals surface area contributed by atoms with Crippen molar-refractivity contribution in [2.45, 2.75) is 25.6 Å². The molecule has 140 valence electrons. The summed E-state index contributed by atoms with van der Waals surface area (Å²) in [5.41, 5.74) is 2.66. The highest BCUT2D eigenvalue weighted by molar-refractivity contribution is 5.95. The average molecular weight is 367 g/mol. The number of aliphatic hydroxyl groups excluding tert-OH is 1. The molecule has 1 aromatic carbocycles. The zero-order valence-corrected chi connectivity index (χ0v) is 14.8. The Hall–Kier alpha value is -2.93. The van der Waals surface area contributed by atoms with Crippen LogP contribution in [0.2, 0.25) is 0 Å². The number of nitrogens with one attached hydrogen (secondary N) is 1. The molecule has 0 bridgehead atoms. The fourth-order valence-electron chi connectivity index (χ4n) is 3.62. The molecule has 0 aliphatic carbocycles. The lowest BCUT2D eigenvalue weighted by Crippen LogP contribution is -2.42. The number of urea groups is 1. The van der Waals surface area contributed by atoms with Crippen molar-refractivity contribution in [2.24, 2.45) is 5.92 Å². The third-order valence-corrected chi connectivity index (χ3v) is 5.20. The molecule has 7 nitrogen and oxygen atoms in total. The summed E-state index contributed by atoms with van der Waals surface area (Å²) in [4.78, 5) is 30.0. The lowest BCUT2D eigenvalue weighted by molar-refractivity contribution is 0.0535. The number of aliphatic hydroxyl groups is 1. The van der Waals surface area contributed by atoms with E-state index in [1.54, 1.807) is 29.3 Å². The Morgan fingerprint density at radius 2 is 2.07 bits per heavy atom. The fourth-order valence-corrected chi connectivity index (χ4v) is 3.62. The zero-order chi connectivity index (χ0) is 18.8. The molecule has 2 N–H and O–H groups in total. The molecule has 1 aromatic heterocycles. The van der Waals surface area contributed by atoms with Crippen molar-refractivity contribution in [3.8, 4) is 0 Å². The molecule has 3 heterocycles. The third-order valence-electron chi connectivity index (χ3n) is 5.20. The molecule has 2 aliphatic rings. The molecule has 2 aromatic rings. The van der Waals surface area contributed by atoms with Gasteiger partial charge in [0.2, 0.25) is 0 Å². The number of pyridine rings is 1. The zero-order valence-electron chi connectivity index (χ0n) is 14.8. The van der Waals surface area contributed by atoms with Crippen molar-refractivity contribution < 1.29 is 19.4 Å². The van der Waals surface area contributed by atoms with E-state index in [2.05, 4.69) is 10.3 Å². The van der Waals surface area contributed by atoms with E-state index < -0.39 is 6.10 Å². The topological polar surface area (TPSA) is 91.8 Å². The SMILES string of the molecule is O=C1OCc2cc(NC(=O)N3CCC(C(O)c4ccccn4)CC3)ccc21. The van der Waals surface area contributed by atoms with Crippen LogP contribution in [0.5, 0.6) is 0 Å². The molecular formula is C20H21N3O4. The van der Waals surface area contributed by atoms with Gasteiger partial charge in [-0.25, -0.2) is 9.59 Å². The summed E-state index contributed by atoms with van der Waals surface area (Å²) in [6, 6.07) is 10.5. The number of benzene rings is 1. The van der Waals surface area contributed by atoms with Gasteiger partial charge in [0, 0.05) is 30.5 Å². The number of hydrogen-bond donors (Lipinski definition) is 2. The number of anilines is 1. The van der Waals surface area contributed by atoms with Crippen molar-refractivity contribution in [3.63, 3.8) is 0 Å². The van der Waals surface area contributed by atoms with Gasteiger partial charge in [-0.05, 0) is 49.1 Å². The molecule has 0 spiro atoms. The van der Waals surface area contributed by atoms with E-state index in [0.717, 1.165) is 18.4 Å². The lowest BCUT2D eigenvalue weighted by atomic mass is 9.89. The molecule has 1 unspecified atom stereocenters. The first-order chi connectivity index (χ1) is 13.1. The van der Waals surface area contributed by atoms with Crippen LogP contribution in [0, 0.1) is 5.92 Å². The predicted molar refractivity (Wildman–Crippen MR) is 98.1 cm³/mol. The Labute approximate surface area is 157 Å². The molecule has 1 atom stereocenters. The fraction of sp³-hybridized carbons (Fsp3) is 0.350. The number of cyclic esters (lactones) is 1. The molecule has 1 saturated heterocycles. The van der Waals surface area contributed by atoms with Gasteiger partial charge in [0.25, 0.3) is 0 Å². The Kier molecular flexibility index (Phi) is 4.77. The van der Waals surface area contributed by atoms with E-state index in [-0.39, 0.29) is 24.5 Å². The number of esters is 1. The number of carbonyl (C=O) groups excluding carboxylic acids is 2. The van der Waals surface area contributed by atoms with Gasteiger partial charge in [0.05, 0.1) is 17.4 Å². The van der Waals surface area contributed by atoms with Gasteiger partial charge in [-0.1, -0.05) is 6.07 Å². The normalized spacial score (nSPS) is 18.0. The first kappa shape index (κ1) is 17.5. The first-order valence-corrected chi connectivity index (χ1v) is 9.07. The Bertz CT molecular complexity index is 848. The standard InChI is InChI=1S/C20H21N3O4/c24-18(17-3-1-2-8-21-17)13-6-9-23(10-7-13)20(26)22-15-4-5-16-14(11-15)12-27-19(16)25/h1-5,8,11,13,18,24H,6-7,9-10,12H2,(H,22,26). The first-order valence-electron chi connectivity index (χ1n) is 9.07. The maximum Gasteiger partial charge on any atom is 0.338 e. The summed E-state index contributed by atoms with van der Waals surface area (Å²) in [6.07, 6.45) is 2.51. The van der Waals surface area contributed by atoms with Crippen LogP contribution >= 0.6 is 0 Å². The van der Waals surface area contributed by atoms with Crippen LogP contribution in [-0.4, -0.2) is 40.1 Å². The van der Waals surface area contributed by atoms with Gasteiger partial charge >= 0.3 is 12.0 Å². The second kappa shape index (κ2) is 7.36. The van der Waals surface area contributed by atoms with E-state index in [1.165, 1.54) is 0 Å². The minimum Gasteiger partial charge on any atom is -0.457 e. The van der Waals surface area contributed by atoms with Gasteiger partial charge in [-0.3, -0.25) is 4.98 Å². The predicted octanol–water partition coefficient (Wildman–Crippen LogP) is 2.73. The second-order valence-electron chi connectivity index (χ2n) is 6.90. The third kappa shape index (κ3) is 3.64. The van der Waals surface area contributed by atoms with Gasteiger partial charge in [-0.15, -0.1) is 0 Å². The number of piperidine rings is 1. The van der Waals surface area contributed by atoms with Crippen LogP contribution in [0.4, 0.5) is 10.5 Å². The second-order valence-corrected chi connectivity index (χ2v) is 6.90. The number of amides is 2. The van der Waals surface area contributed by atoms with Crippen LogP contribution in [0.1, 0.15) is 40.6 Å². The quantitative estimate of drug-likeness (QED) is 0.814. The Morgan fingerprint density at radius 1 is 1.26 bits per heavy atom. The van der Waals surface area contributed by atoms with E-state index in [9.17, 15) is 14.7 Å². The molecule has 2 aliphatic heterocycles. The summed E-state index contributed by atoms with van der Waals surface area (Å²) in [5.74, 6) is -0.233. The van der Waals surface area contributed by atoms with Crippen LogP contribution in [0.15, 0.2) is 42.6 Å². The van der Waals surface area contributed by atoms with Crippen LogP contribution in [0.25, 0.3) is 0 Å². The van der Waals surface area contributed by atoms with Crippen LogP contribution in [-0.2, 0) is 11.3 Å². The maximum atomic E-state index is 12.5. The summed E-state index contributed by atoms with van der Waals surface area (Å²) in [5, 5.41) is 13.4. The average Bonchev–Trinajstić information content (AvgIpc) is 3.08. The van der Waals surface area contributed by atoms with Gasteiger partial charge < -0.3 is 20.1 Å². The molecule has 4 rings (SSSR count). The smallest absolute Gasteiger partial charge is 0.338 e. The lowest BCUT2D eigenvalue weighted by Gasteiger charge is -2.34. The summed E-state index contributed by atoms with van der Waals surface area (Å²) in [7, 11) is 0. The number of likely N-dealkylation sites (tertiary alicyclic amines) is 1. The largest absolute Gasteiger partial charge is 0.457 e. The van der Waals surface area contributed by atoms with Gasteiger partial charge in [0.15, 0.2) is 0 Å². The summed E-state index contributed by atoms with van der Waals surface area (Å²) >= 11 is 0. The minimum atomic E-state index is -0.606. The molecule has 7 heteroatoms. The van der Waals surface area contributed by atoms with Crippen molar-refractivity contribution >= 4 is 17.7 Å². The molecule has 0 saturated carbocycles. The van der Waals surface area contributed by atoms with Crippen molar-refractivity contribution in [3.05, 3.63) is 59.4 Å². The van der Waals surface area contributed by atoms with Crippen molar-refractivity contribution in [2.75, 3.05) is 18.4 Å². The number of aromatic nitrogens is 1. The Morgan fingerprint density at radius 3 is 2.81 bits per heavy atom. The van der Waals surface area contributed by atoms with Crippen LogP contribution < -0.4 is 5.32 Å². The molecule has 2 amide bonds. The van der Waals surface area contributed by atoms with E-state index in [1.807, 2.05) is 18.2 Å². The number of carbonyl (C=O) groups is 2. The van der Waals surface area contributed by atoms with Crippen LogP contribution in [0.3, 0.4) is 0 Å². The van der Waals surface area contributed by atoms with E-state index >= 15 is 0 Å². The number of fused-ring (bicyclic) bond motifs is 1. The molecular weight excluding hydrogens is 346 g/mol. The number of nitrogens with zero attached hydrogens (tertiary/aromatic N) is 2. The molecule has 1 fully saturated rings. The maximum absolute atomic E-state index is 12.5. The summed E-state index contributed by atoms with van der Waals surface area (Å²) in [6.45, 7) is 1.40.